The molecule has 0 aliphatic carbocycles. The predicted octanol–water partition coefficient (Wildman–Crippen LogP) is 1.89. The van der Waals surface area contributed by atoms with E-state index in [0.717, 1.165) is 24.1 Å². The first-order valence-corrected chi connectivity index (χ1v) is 6.79. The normalized spacial score (nSPS) is 31.8. The first kappa shape index (κ1) is 11.1. The molecule has 0 amide bonds. The minimum absolute atomic E-state index is 0.632. The van der Waals surface area contributed by atoms with Crippen LogP contribution in [0.4, 0.5) is 5.95 Å². The highest BCUT2D eigenvalue weighted by atomic mass is 15.3. The van der Waals surface area contributed by atoms with Gasteiger partial charge in [0.25, 0.3) is 0 Å². The van der Waals surface area contributed by atoms with Crippen LogP contribution in [0.2, 0.25) is 0 Å². The van der Waals surface area contributed by atoms with Gasteiger partial charge >= 0.3 is 0 Å². The molecule has 1 unspecified atom stereocenters. The van der Waals surface area contributed by atoms with E-state index in [1.165, 1.54) is 32.5 Å². The van der Waals surface area contributed by atoms with E-state index >= 15 is 0 Å². The Morgan fingerprint density at radius 1 is 1.41 bits per heavy atom. The lowest BCUT2D eigenvalue weighted by atomic mass is 9.84. The fourth-order valence-corrected chi connectivity index (χ4v) is 3.31. The Hall–Kier alpha value is -1.03. The molecule has 4 nitrogen and oxygen atoms in total. The molecule has 0 saturated carbocycles. The van der Waals surface area contributed by atoms with Gasteiger partial charge in [-0.05, 0) is 45.7 Å². The van der Waals surface area contributed by atoms with Gasteiger partial charge in [-0.15, -0.1) is 0 Å². The van der Waals surface area contributed by atoms with Gasteiger partial charge in [0.2, 0.25) is 5.95 Å². The summed E-state index contributed by atoms with van der Waals surface area (Å²) in [7, 11) is 0. The number of imidazole rings is 1. The van der Waals surface area contributed by atoms with Gasteiger partial charge in [0.05, 0.1) is 11.7 Å². The van der Waals surface area contributed by atoms with E-state index in [0.29, 0.717) is 6.04 Å². The van der Waals surface area contributed by atoms with Crippen LogP contribution in [0.3, 0.4) is 0 Å². The van der Waals surface area contributed by atoms with E-state index < -0.39 is 0 Å². The van der Waals surface area contributed by atoms with Crippen molar-refractivity contribution in [2.75, 3.05) is 31.5 Å². The first-order valence-electron chi connectivity index (χ1n) is 6.79. The number of nitrogens with one attached hydrogen (secondary N) is 1. The van der Waals surface area contributed by atoms with Crippen molar-refractivity contribution in [3.63, 3.8) is 0 Å². The standard InChI is InChI=1S/C13H22N4/c1-3-14-13-15-10(2)8-17(13)12-9-16-6-4-11(12)5-7-16/h8,11-12H,3-7,9H2,1-2H3,(H,14,15). The quantitative estimate of drug-likeness (QED) is 0.867. The van der Waals surface area contributed by atoms with E-state index in [2.05, 4.69) is 39.8 Å². The van der Waals surface area contributed by atoms with Crippen LogP contribution in [-0.4, -0.2) is 40.6 Å². The molecule has 3 aliphatic heterocycles. The molecule has 0 spiro atoms. The highest BCUT2D eigenvalue weighted by Gasteiger charge is 2.35. The number of aromatic nitrogens is 2. The monoisotopic (exact) mass is 234 g/mol. The number of hydrogen-bond acceptors (Lipinski definition) is 3. The van der Waals surface area contributed by atoms with Gasteiger partial charge in [0.15, 0.2) is 0 Å². The summed E-state index contributed by atoms with van der Waals surface area (Å²) < 4.78 is 2.38. The highest BCUT2D eigenvalue weighted by Crippen LogP contribution is 2.37. The zero-order valence-electron chi connectivity index (χ0n) is 10.8. The van der Waals surface area contributed by atoms with Crippen molar-refractivity contribution in [3.05, 3.63) is 11.9 Å². The minimum atomic E-state index is 0.632. The summed E-state index contributed by atoms with van der Waals surface area (Å²) in [5, 5.41) is 3.39. The van der Waals surface area contributed by atoms with Crippen LogP contribution >= 0.6 is 0 Å². The maximum Gasteiger partial charge on any atom is 0.203 e. The van der Waals surface area contributed by atoms with Gasteiger partial charge in [-0.2, -0.15) is 0 Å². The number of hydrogen-bond donors (Lipinski definition) is 1. The summed E-state index contributed by atoms with van der Waals surface area (Å²) in [6, 6.07) is 0.632. The molecule has 4 rings (SSSR count). The molecule has 0 aromatic carbocycles. The number of fused-ring (bicyclic) bond motifs is 3. The third kappa shape index (κ3) is 1.95. The summed E-state index contributed by atoms with van der Waals surface area (Å²) in [6.45, 7) is 8.96. The Morgan fingerprint density at radius 3 is 2.76 bits per heavy atom. The zero-order chi connectivity index (χ0) is 11.8. The van der Waals surface area contributed by atoms with Gasteiger partial charge in [-0.1, -0.05) is 0 Å². The molecule has 17 heavy (non-hydrogen) atoms. The number of piperidine rings is 3. The van der Waals surface area contributed by atoms with Crippen LogP contribution in [0, 0.1) is 12.8 Å². The maximum atomic E-state index is 4.59. The fraction of sp³-hybridized carbons (Fsp3) is 0.769. The number of anilines is 1. The smallest absolute Gasteiger partial charge is 0.203 e. The minimum Gasteiger partial charge on any atom is -0.356 e. The van der Waals surface area contributed by atoms with Crippen molar-refractivity contribution < 1.29 is 0 Å². The van der Waals surface area contributed by atoms with Crippen molar-refractivity contribution in [2.24, 2.45) is 5.92 Å². The van der Waals surface area contributed by atoms with E-state index in [4.69, 9.17) is 0 Å². The Kier molecular flexibility index (Phi) is 2.82. The first-order chi connectivity index (χ1) is 8.28. The summed E-state index contributed by atoms with van der Waals surface area (Å²) in [4.78, 5) is 7.19. The van der Waals surface area contributed by atoms with E-state index in [-0.39, 0.29) is 0 Å². The van der Waals surface area contributed by atoms with Crippen LogP contribution in [0.25, 0.3) is 0 Å². The molecule has 4 heteroatoms. The largest absolute Gasteiger partial charge is 0.356 e. The molecule has 1 N–H and O–H groups in total. The van der Waals surface area contributed by atoms with Crippen LogP contribution < -0.4 is 5.32 Å². The van der Waals surface area contributed by atoms with E-state index in [1.807, 2.05) is 0 Å². The van der Waals surface area contributed by atoms with Gasteiger partial charge in [0.1, 0.15) is 0 Å². The van der Waals surface area contributed by atoms with E-state index in [9.17, 15) is 0 Å². The lowest BCUT2D eigenvalue weighted by molar-refractivity contribution is 0.0579. The molecular formula is C13H22N4. The Balaban J connectivity index is 1.87. The molecule has 3 aliphatic rings. The molecule has 0 radical (unpaired) electrons. The van der Waals surface area contributed by atoms with Crippen molar-refractivity contribution in [2.45, 2.75) is 32.7 Å². The van der Waals surface area contributed by atoms with Crippen molar-refractivity contribution >= 4 is 5.95 Å². The Morgan fingerprint density at radius 2 is 2.18 bits per heavy atom. The van der Waals surface area contributed by atoms with E-state index in [1.54, 1.807) is 0 Å². The molecule has 3 saturated heterocycles. The predicted molar refractivity (Wildman–Crippen MR) is 69.3 cm³/mol. The van der Waals surface area contributed by atoms with Crippen molar-refractivity contribution in [3.8, 4) is 0 Å². The fourth-order valence-electron chi connectivity index (χ4n) is 3.31. The molecule has 4 heterocycles. The summed E-state index contributed by atoms with van der Waals surface area (Å²) >= 11 is 0. The maximum absolute atomic E-state index is 4.59. The molecule has 94 valence electrons. The van der Waals surface area contributed by atoms with Crippen LogP contribution in [0.5, 0.6) is 0 Å². The average Bonchev–Trinajstić information content (AvgIpc) is 2.72. The van der Waals surface area contributed by atoms with Gasteiger partial charge < -0.3 is 14.8 Å². The molecule has 3 fully saturated rings. The summed E-state index contributed by atoms with van der Waals surface area (Å²) in [5.41, 5.74) is 1.12. The Bertz CT molecular complexity index is 390. The molecule has 2 bridgehead atoms. The molecule has 1 aromatic heterocycles. The second-order valence-corrected chi connectivity index (χ2v) is 5.35. The second kappa shape index (κ2) is 4.33. The molecule has 1 aromatic rings. The zero-order valence-corrected chi connectivity index (χ0v) is 10.8. The van der Waals surface area contributed by atoms with Gasteiger partial charge in [-0.25, -0.2) is 4.98 Å². The third-order valence-electron chi connectivity index (χ3n) is 4.17. The van der Waals surface area contributed by atoms with Gasteiger partial charge in [-0.3, -0.25) is 0 Å². The topological polar surface area (TPSA) is 33.1 Å². The van der Waals surface area contributed by atoms with Crippen molar-refractivity contribution in [1.82, 2.24) is 14.5 Å². The number of rotatable bonds is 3. The van der Waals surface area contributed by atoms with Crippen molar-refractivity contribution in [1.29, 1.82) is 0 Å². The van der Waals surface area contributed by atoms with Crippen LogP contribution in [-0.2, 0) is 0 Å². The third-order valence-corrected chi connectivity index (χ3v) is 4.17. The molecule has 1 atom stereocenters. The highest BCUT2D eigenvalue weighted by molar-refractivity contribution is 5.30. The number of aryl methyl sites for hydroxylation is 1. The van der Waals surface area contributed by atoms with Crippen LogP contribution in [0.1, 0.15) is 31.5 Å². The second-order valence-electron chi connectivity index (χ2n) is 5.35. The Labute approximate surface area is 103 Å². The summed E-state index contributed by atoms with van der Waals surface area (Å²) in [6.07, 6.45) is 4.92. The SMILES string of the molecule is CCNc1nc(C)cn1C1CN2CCC1CC2. The average molecular weight is 234 g/mol. The molecular weight excluding hydrogens is 212 g/mol. The lowest BCUT2D eigenvalue weighted by Gasteiger charge is -2.45. The number of nitrogens with zero attached hydrogens (tertiary/aromatic N) is 3. The van der Waals surface area contributed by atoms with Gasteiger partial charge in [0, 0.05) is 19.3 Å². The van der Waals surface area contributed by atoms with Crippen LogP contribution in [0.15, 0.2) is 6.20 Å². The lowest BCUT2D eigenvalue weighted by Crippen LogP contribution is -2.48. The summed E-state index contributed by atoms with van der Waals surface area (Å²) in [5.74, 6) is 1.91.